The van der Waals surface area contributed by atoms with E-state index in [1.165, 1.54) is 21.3 Å². The Hall–Kier alpha value is -3.69. The van der Waals surface area contributed by atoms with Crippen LogP contribution >= 0.6 is 24.0 Å². The van der Waals surface area contributed by atoms with E-state index in [2.05, 4.69) is 5.32 Å². The maximum Gasteiger partial charge on any atom is 0.295 e. The highest BCUT2D eigenvalue weighted by atomic mass is 32.2. The van der Waals surface area contributed by atoms with E-state index < -0.39 is 0 Å². The van der Waals surface area contributed by atoms with Crippen molar-refractivity contribution in [3.05, 3.63) is 98.8 Å². The van der Waals surface area contributed by atoms with Gasteiger partial charge in [0, 0.05) is 20.0 Å². The monoisotopic (exact) mass is 532 g/mol. The van der Waals surface area contributed by atoms with Gasteiger partial charge in [0.15, 0.2) is 0 Å². The van der Waals surface area contributed by atoms with Crippen molar-refractivity contribution in [3.63, 3.8) is 0 Å². The highest BCUT2D eigenvalue weighted by molar-refractivity contribution is 8.26. The maximum absolute atomic E-state index is 13.0. The Morgan fingerprint density at radius 3 is 2.38 bits per heavy atom. The SMILES string of the molecule is CC(/C=C1\SC(=S)N(CCCC(=O)Nc2c(C)n(C)n(-c3ccccc3)c2=O)C1=O)=C\c1ccccc1. The Morgan fingerprint density at radius 1 is 1.05 bits per heavy atom. The van der Waals surface area contributed by atoms with Gasteiger partial charge in [-0.2, -0.15) is 0 Å². The second-order valence-electron chi connectivity index (χ2n) is 8.72. The van der Waals surface area contributed by atoms with Gasteiger partial charge in [-0.15, -0.1) is 0 Å². The smallest absolute Gasteiger partial charge is 0.295 e. The van der Waals surface area contributed by atoms with Crippen LogP contribution in [-0.4, -0.2) is 36.9 Å². The lowest BCUT2D eigenvalue weighted by molar-refractivity contribution is -0.122. The van der Waals surface area contributed by atoms with Crippen molar-refractivity contribution in [1.29, 1.82) is 0 Å². The Labute approximate surface area is 225 Å². The van der Waals surface area contributed by atoms with Crippen LogP contribution in [0.5, 0.6) is 0 Å². The number of thioether (sulfide) groups is 1. The van der Waals surface area contributed by atoms with Gasteiger partial charge in [0.25, 0.3) is 11.5 Å². The first-order valence-electron chi connectivity index (χ1n) is 11.9. The van der Waals surface area contributed by atoms with Crippen molar-refractivity contribution < 1.29 is 9.59 Å². The van der Waals surface area contributed by atoms with E-state index in [0.29, 0.717) is 27.9 Å². The standard InChI is InChI=1S/C28H28N4O3S2/c1-19(17-21-11-6-4-7-12-21)18-23-26(34)31(28(36)37-23)16-10-15-24(33)29-25-20(2)30(3)32(27(25)35)22-13-8-5-9-14-22/h4-9,11-14,17-18H,10,15-16H2,1-3H3,(H,29,33)/b19-17+,23-18-. The summed E-state index contributed by atoms with van der Waals surface area (Å²) in [5, 5.41) is 2.76. The van der Waals surface area contributed by atoms with Crippen LogP contribution < -0.4 is 10.9 Å². The molecule has 0 atom stereocenters. The lowest BCUT2D eigenvalue weighted by atomic mass is 10.1. The van der Waals surface area contributed by atoms with Crippen LogP contribution in [0.1, 0.15) is 31.0 Å². The van der Waals surface area contributed by atoms with Gasteiger partial charge in [0.2, 0.25) is 5.91 Å². The van der Waals surface area contributed by atoms with E-state index in [4.69, 9.17) is 12.2 Å². The van der Waals surface area contributed by atoms with Gasteiger partial charge in [-0.25, -0.2) is 4.68 Å². The number of nitrogens with one attached hydrogen (secondary N) is 1. The van der Waals surface area contributed by atoms with Crippen LogP contribution in [0.15, 0.2) is 82.0 Å². The van der Waals surface area contributed by atoms with Crippen molar-refractivity contribution in [2.24, 2.45) is 7.05 Å². The summed E-state index contributed by atoms with van der Waals surface area (Å²) in [6, 6.07) is 19.1. The van der Waals surface area contributed by atoms with Gasteiger partial charge in [-0.05, 0) is 49.6 Å². The molecule has 1 aromatic heterocycles. The molecule has 1 saturated heterocycles. The molecule has 9 heteroatoms. The minimum Gasteiger partial charge on any atom is -0.320 e. The molecule has 1 N–H and O–H groups in total. The zero-order valence-electron chi connectivity index (χ0n) is 20.9. The van der Waals surface area contributed by atoms with Crippen molar-refractivity contribution in [2.75, 3.05) is 11.9 Å². The third-order valence-electron chi connectivity index (χ3n) is 6.03. The van der Waals surface area contributed by atoms with Crippen LogP contribution in [0.2, 0.25) is 0 Å². The number of thiocarbonyl (C=S) groups is 1. The fourth-order valence-corrected chi connectivity index (χ4v) is 5.42. The molecule has 2 aromatic carbocycles. The molecular formula is C28H28N4O3S2. The van der Waals surface area contributed by atoms with Gasteiger partial charge in [-0.3, -0.25) is 24.0 Å². The largest absolute Gasteiger partial charge is 0.320 e. The highest BCUT2D eigenvalue weighted by Gasteiger charge is 2.31. The third-order valence-corrected chi connectivity index (χ3v) is 7.41. The molecule has 0 saturated carbocycles. The van der Waals surface area contributed by atoms with Gasteiger partial charge < -0.3 is 5.32 Å². The first kappa shape index (κ1) is 26.4. The Morgan fingerprint density at radius 2 is 1.70 bits per heavy atom. The molecule has 0 radical (unpaired) electrons. The van der Waals surface area contributed by atoms with E-state index >= 15 is 0 Å². The zero-order valence-corrected chi connectivity index (χ0v) is 22.6. The molecule has 0 bridgehead atoms. The normalized spacial score (nSPS) is 15.1. The van der Waals surface area contributed by atoms with E-state index in [1.807, 2.05) is 79.7 Å². The predicted octanol–water partition coefficient (Wildman–Crippen LogP) is 5.05. The summed E-state index contributed by atoms with van der Waals surface area (Å²) in [7, 11) is 1.78. The lowest BCUT2D eigenvalue weighted by Gasteiger charge is -2.14. The number of carbonyl (C=O) groups excluding carboxylic acids is 2. The summed E-state index contributed by atoms with van der Waals surface area (Å²) in [4.78, 5) is 40.7. The second kappa shape index (κ2) is 11.6. The molecule has 3 aromatic rings. The molecule has 4 rings (SSSR count). The number of para-hydroxylation sites is 1. The quantitative estimate of drug-likeness (QED) is 0.325. The van der Waals surface area contributed by atoms with Gasteiger partial charge in [0.05, 0.1) is 16.3 Å². The average Bonchev–Trinajstić information content (AvgIpc) is 3.26. The van der Waals surface area contributed by atoms with Crippen LogP contribution in [-0.2, 0) is 16.6 Å². The molecule has 2 amide bonds. The highest BCUT2D eigenvalue weighted by Crippen LogP contribution is 2.32. The van der Waals surface area contributed by atoms with Gasteiger partial charge >= 0.3 is 0 Å². The topological polar surface area (TPSA) is 76.3 Å². The number of carbonyl (C=O) groups is 2. The molecule has 1 aliphatic rings. The first-order valence-corrected chi connectivity index (χ1v) is 13.1. The van der Waals surface area contributed by atoms with E-state index in [-0.39, 0.29) is 29.5 Å². The number of aromatic nitrogens is 2. The van der Waals surface area contributed by atoms with E-state index in [0.717, 1.165) is 16.8 Å². The number of benzene rings is 2. The maximum atomic E-state index is 13.0. The van der Waals surface area contributed by atoms with Crippen LogP contribution in [0.4, 0.5) is 5.69 Å². The first-order chi connectivity index (χ1) is 17.8. The number of rotatable bonds is 8. The summed E-state index contributed by atoms with van der Waals surface area (Å²) >= 11 is 6.69. The molecule has 0 aliphatic carbocycles. The molecule has 37 heavy (non-hydrogen) atoms. The van der Waals surface area contributed by atoms with Crippen molar-refractivity contribution in [1.82, 2.24) is 14.3 Å². The number of anilines is 1. The van der Waals surface area contributed by atoms with Gasteiger partial charge in [-0.1, -0.05) is 78.6 Å². The fourth-order valence-electron chi connectivity index (χ4n) is 4.07. The summed E-state index contributed by atoms with van der Waals surface area (Å²) < 4.78 is 3.72. The number of nitrogens with zero attached hydrogens (tertiary/aromatic N) is 3. The van der Waals surface area contributed by atoms with Crippen LogP contribution in [0, 0.1) is 6.92 Å². The summed E-state index contributed by atoms with van der Waals surface area (Å²) in [6.45, 7) is 4.07. The number of allylic oxidation sites excluding steroid dienone is 2. The molecule has 190 valence electrons. The Kier molecular flexibility index (Phi) is 8.25. The minimum absolute atomic E-state index is 0.152. The second-order valence-corrected chi connectivity index (χ2v) is 10.4. The van der Waals surface area contributed by atoms with Crippen molar-refractivity contribution >= 4 is 51.9 Å². The average molecular weight is 533 g/mol. The summed E-state index contributed by atoms with van der Waals surface area (Å²) in [5.41, 5.74) is 3.34. The molecule has 0 spiro atoms. The molecule has 2 heterocycles. The Balaban J connectivity index is 1.36. The van der Waals surface area contributed by atoms with Crippen molar-refractivity contribution in [2.45, 2.75) is 26.7 Å². The fraction of sp³-hybridized carbons (Fsp3) is 0.214. The summed E-state index contributed by atoms with van der Waals surface area (Å²) in [6.07, 6.45) is 4.43. The van der Waals surface area contributed by atoms with E-state index in [1.54, 1.807) is 18.7 Å². The molecule has 7 nitrogen and oxygen atoms in total. The number of hydrogen-bond donors (Lipinski definition) is 1. The van der Waals surface area contributed by atoms with Crippen LogP contribution in [0.25, 0.3) is 11.8 Å². The van der Waals surface area contributed by atoms with Crippen molar-refractivity contribution in [3.8, 4) is 5.69 Å². The molecule has 0 unspecified atom stereocenters. The number of amides is 2. The predicted molar refractivity (Wildman–Crippen MR) is 154 cm³/mol. The molecule has 1 aliphatic heterocycles. The summed E-state index contributed by atoms with van der Waals surface area (Å²) in [5.74, 6) is -0.436. The van der Waals surface area contributed by atoms with E-state index in [9.17, 15) is 14.4 Å². The van der Waals surface area contributed by atoms with Gasteiger partial charge in [0.1, 0.15) is 10.0 Å². The number of hydrogen-bond acceptors (Lipinski definition) is 5. The molecular weight excluding hydrogens is 504 g/mol. The Bertz CT molecular complexity index is 1450. The van der Waals surface area contributed by atoms with Crippen LogP contribution in [0.3, 0.4) is 0 Å². The zero-order chi connectivity index (χ0) is 26.5. The molecule has 1 fully saturated rings. The third kappa shape index (κ3) is 6.00. The minimum atomic E-state index is -0.291. The lowest BCUT2D eigenvalue weighted by Crippen LogP contribution is -2.30.